The van der Waals surface area contributed by atoms with E-state index in [1.807, 2.05) is 0 Å². The Morgan fingerprint density at radius 2 is 2.11 bits per heavy atom. The molecule has 2 rings (SSSR count). The van der Waals surface area contributed by atoms with Gasteiger partial charge in [0.2, 0.25) is 0 Å². The molecular formula is C12H10ClN3O2. The Labute approximate surface area is 108 Å². The van der Waals surface area contributed by atoms with Gasteiger partial charge in [0.1, 0.15) is 5.82 Å². The number of carbonyl (C=O) groups is 1. The molecule has 18 heavy (non-hydrogen) atoms. The summed E-state index contributed by atoms with van der Waals surface area (Å²) in [6.45, 7) is 0. The van der Waals surface area contributed by atoms with Gasteiger partial charge in [-0.1, -0.05) is 17.7 Å². The van der Waals surface area contributed by atoms with E-state index in [1.165, 1.54) is 18.3 Å². The Kier molecular flexibility index (Phi) is 3.34. The van der Waals surface area contributed by atoms with E-state index in [-0.39, 0.29) is 17.0 Å². The Bertz CT molecular complexity index is 584. The summed E-state index contributed by atoms with van der Waals surface area (Å²) in [5.74, 6) is -0.398. The number of amides is 1. The van der Waals surface area contributed by atoms with E-state index >= 15 is 0 Å². The van der Waals surface area contributed by atoms with Crippen LogP contribution in [0, 0.1) is 0 Å². The van der Waals surface area contributed by atoms with Gasteiger partial charge in [0.05, 0.1) is 16.3 Å². The minimum absolute atomic E-state index is 0.0896. The van der Waals surface area contributed by atoms with Crippen LogP contribution in [0.2, 0.25) is 5.02 Å². The average molecular weight is 264 g/mol. The highest BCUT2D eigenvalue weighted by Gasteiger charge is 2.13. The lowest BCUT2D eigenvalue weighted by atomic mass is 10.1. The number of carbonyl (C=O) groups excluding carboxylic acids is 1. The first kappa shape index (κ1) is 12.2. The third-order valence-corrected chi connectivity index (χ3v) is 2.50. The molecular weight excluding hydrogens is 254 g/mol. The van der Waals surface area contributed by atoms with Gasteiger partial charge in [-0.05, 0) is 24.3 Å². The van der Waals surface area contributed by atoms with Crippen molar-refractivity contribution in [2.24, 2.45) is 0 Å². The van der Waals surface area contributed by atoms with E-state index in [9.17, 15) is 9.90 Å². The number of phenolic OH excluding ortho intramolecular Hbond substituents is 1. The van der Waals surface area contributed by atoms with Gasteiger partial charge in [-0.2, -0.15) is 0 Å². The fourth-order valence-corrected chi connectivity index (χ4v) is 1.49. The number of nitrogen functional groups attached to an aromatic ring is 1. The van der Waals surface area contributed by atoms with E-state index in [0.29, 0.717) is 10.8 Å². The summed E-state index contributed by atoms with van der Waals surface area (Å²) in [7, 11) is 0. The first-order valence-electron chi connectivity index (χ1n) is 5.08. The highest BCUT2D eigenvalue weighted by Crippen LogP contribution is 2.25. The Balaban J connectivity index is 2.22. The number of hydrogen-bond acceptors (Lipinski definition) is 4. The van der Waals surface area contributed by atoms with E-state index in [4.69, 9.17) is 17.3 Å². The van der Waals surface area contributed by atoms with E-state index in [0.717, 1.165) is 0 Å². The van der Waals surface area contributed by atoms with Gasteiger partial charge in [-0.3, -0.25) is 4.79 Å². The largest absolute Gasteiger partial charge is 0.505 e. The first-order chi connectivity index (χ1) is 8.58. The van der Waals surface area contributed by atoms with Gasteiger partial charge < -0.3 is 16.2 Å². The molecule has 0 bridgehead atoms. The molecule has 92 valence electrons. The van der Waals surface area contributed by atoms with Crippen LogP contribution in [-0.4, -0.2) is 16.0 Å². The van der Waals surface area contributed by atoms with Crippen LogP contribution in [0.1, 0.15) is 10.4 Å². The zero-order valence-electron chi connectivity index (χ0n) is 9.22. The number of nitrogens with one attached hydrogen (secondary N) is 1. The standard InChI is InChI=1S/C12H10ClN3O2/c13-7-4-5-10(15-6-7)16-12(18)8-2-1-3-9(14)11(8)17/h1-6,17H,14H2,(H,15,16,18). The van der Waals surface area contributed by atoms with Crippen LogP contribution in [0.15, 0.2) is 36.5 Å². The van der Waals surface area contributed by atoms with Crippen LogP contribution in [0.4, 0.5) is 11.5 Å². The fourth-order valence-electron chi connectivity index (χ4n) is 1.38. The lowest BCUT2D eigenvalue weighted by molar-refractivity contribution is 0.102. The van der Waals surface area contributed by atoms with Crippen molar-refractivity contribution >= 4 is 29.0 Å². The molecule has 0 aliphatic carbocycles. The van der Waals surface area contributed by atoms with Gasteiger partial charge in [0.15, 0.2) is 5.75 Å². The molecule has 0 aliphatic heterocycles. The predicted octanol–water partition coefficient (Wildman–Crippen LogP) is 2.28. The molecule has 0 spiro atoms. The Hall–Kier alpha value is -2.27. The number of nitrogens with zero attached hydrogens (tertiary/aromatic N) is 1. The number of aromatic nitrogens is 1. The summed E-state index contributed by atoms with van der Waals surface area (Å²) < 4.78 is 0. The van der Waals surface area contributed by atoms with Crippen molar-refractivity contribution in [3.05, 3.63) is 47.1 Å². The molecule has 1 aromatic heterocycles. The lowest BCUT2D eigenvalue weighted by Gasteiger charge is -2.07. The number of anilines is 2. The smallest absolute Gasteiger partial charge is 0.260 e. The molecule has 0 unspecified atom stereocenters. The zero-order chi connectivity index (χ0) is 13.1. The molecule has 0 saturated heterocycles. The number of hydrogen-bond donors (Lipinski definition) is 3. The molecule has 0 saturated carbocycles. The SMILES string of the molecule is Nc1cccc(C(=O)Nc2ccc(Cl)cn2)c1O. The molecule has 1 heterocycles. The van der Waals surface area contributed by atoms with Crippen LogP contribution in [0.5, 0.6) is 5.75 Å². The summed E-state index contributed by atoms with van der Waals surface area (Å²) in [5.41, 5.74) is 5.74. The molecule has 0 atom stereocenters. The lowest BCUT2D eigenvalue weighted by Crippen LogP contribution is -2.13. The number of benzene rings is 1. The number of halogens is 1. The van der Waals surface area contributed by atoms with E-state index in [2.05, 4.69) is 10.3 Å². The number of para-hydroxylation sites is 1. The third kappa shape index (κ3) is 2.52. The Morgan fingerprint density at radius 3 is 2.78 bits per heavy atom. The molecule has 1 amide bonds. The summed E-state index contributed by atoms with van der Waals surface area (Å²) in [6.07, 6.45) is 1.41. The zero-order valence-corrected chi connectivity index (χ0v) is 9.98. The molecule has 0 radical (unpaired) electrons. The van der Waals surface area contributed by atoms with Crippen LogP contribution in [0.25, 0.3) is 0 Å². The van der Waals surface area contributed by atoms with Crippen molar-refractivity contribution in [3.8, 4) is 5.75 Å². The predicted molar refractivity (Wildman–Crippen MR) is 69.7 cm³/mol. The van der Waals surface area contributed by atoms with Crippen molar-refractivity contribution < 1.29 is 9.90 Å². The maximum Gasteiger partial charge on any atom is 0.260 e. The minimum Gasteiger partial charge on any atom is -0.505 e. The van der Waals surface area contributed by atoms with Crippen LogP contribution in [-0.2, 0) is 0 Å². The summed E-state index contributed by atoms with van der Waals surface area (Å²) in [5, 5.41) is 12.7. The number of nitrogens with two attached hydrogens (primary N) is 1. The monoisotopic (exact) mass is 263 g/mol. The molecule has 0 fully saturated rings. The van der Waals surface area contributed by atoms with Crippen molar-refractivity contribution in [2.45, 2.75) is 0 Å². The third-order valence-electron chi connectivity index (χ3n) is 2.28. The summed E-state index contributed by atoms with van der Waals surface area (Å²) in [4.78, 5) is 15.8. The highest BCUT2D eigenvalue weighted by atomic mass is 35.5. The molecule has 0 aliphatic rings. The highest BCUT2D eigenvalue weighted by molar-refractivity contribution is 6.30. The second kappa shape index (κ2) is 4.93. The molecule has 6 heteroatoms. The summed E-state index contributed by atoms with van der Waals surface area (Å²) in [6, 6.07) is 7.72. The van der Waals surface area contributed by atoms with Crippen molar-refractivity contribution in [3.63, 3.8) is 0 Å². The van der Waals surface area contributed by atoms with Gasteiger partial charge >= 0.3 is 0 Å². The number of aromatic hydroxyl groups is 1. The quantitative estimate of drug-likeness (QED) is 0.573. The number of phenols is 1. The van der Waals surface area contributed by atoms with E-state index < -0.39 is 5.91 Å². The van der Waals surface area contributed by atoms with Crippen LogP contribution in [0.3, 0.4) is 0 Å². The topological polar surface area (TPSA) is 88.2 Å². The first-order valence-corrected chi connectivity index (χ1v) is 5.46. The number of rotatable bonds is 2. The van der Waals surface area contributed by atoms with Crippen molar-refractivity contribution in [2.75, 3.05) is 11.1 Å². The minimum atomic E-state index is -0.491. The molecule has 5 nitrogen and oxygen atoms in total. The molecule has 1 aromatic carbocycles. The molecule has 4 N–H and O–H groups in total. The van der Waals surface area contributed by atoms with Crippen molar-refractivity contribution in [1.82, 2.24) is 4.98 Å². The molecule has 2 aromatic rings. The Morgan fingerprint density at radius 1 is 1.33 bits per heavy atom. The van der Waals surface area contributed by atoms with Gasteiger partial charge in [0.25, 0.3) is 5.91 Å². The second-order valence-corrected chi connectivity index (χ2v) is 4.00. The van der Waals surface area contributed by atoms with Crippen LogP contribution >= 0.6 is 11.6 Å². The second-order valence-electron chi connectivity index (χ2n) is 3.56. The van der Waals surface area contributed by atoms with Crippen molar-refractivity contribution in [1.29, 1.82) is 0 Å². The van der Waals surface area contributed by atoms with Crippen LogP contribution < -0.4 is 11.1 Å². The maximum atomic E-state index is 11.9. The van der Waals surface area contributed by atoms with Gasteiger partial charge in [-0.15, -0.1) is 0 Å². The normalized spacial score (nSPS) is 10.1. The average Bonchev–Trinajstić information content (AvgIpc) is 2.35. The fraction of sp³-hybridized carbons (Fsp3) is 0. The van der Waals surface area contributed by atoms with Gasteiger partial charge in [0, 0.05) is 6.20 Å². The summed E-state index contributed by atoms with van der Waals surface area (Å²) >= 11 is 5.68. The van der Waals surface area contributed by atoms with Gasteiger partial charge in [-0.25, -0.2) is 4.98 Å². The van der Waals surface area contributed by atoms with E-state index in [1.54, 1.807) is 18.2 Å². The number of pyridine rings is 1. The maximum absolute atomic E-state index is 11.9.